The summed E-state index contributed by atoms with van der Waals surface area (Å²) in [6, 6.07) is 14.4. The minimum Gasteiger partial charge on any atom is -0.481 e. The van der Waals surface area contributed by atoms with Crippen molar-refractivity contribution < 1.29 is 14.7 Å². The van der Waals surface area contributed by atoms with Gasteiger partial charge in [-0.25, -0.2) is 9.79 Å². The molecule has 1 heterocycles. The number of aryl methyl sites for hydroxylation is 1. The van der Waals surface area contributed by atoms with Gasteiger partial charge in [0.2, 0.25) is 0 Å². The molecule has 1 aliphatic rings. The lowest BCUT2D eigenvalue weighted by Crippen LogP contribution is -2.31. The summed E-state index contributed by atoms with van der Waals surface area (Å²) in [5.74, 6) is -0.864. The highest BCUT2D eigenvalue weighted by molar-refractivity contribution is 6.06. The van der Waals surface area contributed by atoms with Crippen LogP contribution in [0.3, 0.4) is 0 Å². The van der Waals surface area contributed by atoms with Crippen molar-refractivity contribution in [1.82, 2.24) is 0 Å². The van der Waals surface area contributed by atoms with Crippen LogP contribution in [0.1, 0.15) is 12.0 Å². The number of carboxylic acid groups (broad SMARTS) is 1. The van der Waals surface area contributed by atoms with Crippen LogP contribution in [0.2, 0.25) is 0 Å². The molecule has 0 spiro atoms. The highest BCUT2D eigenvalue weighted by Crippen LogP contribution is 2.28. The van der Waals surface area contributed by atoms with E-state index in [1.165, 1.54) is 0 Å². The number of aliphatic imine (C=N–C) groups is 1. The van der Waals surface area contributed by atoms with Gasteiger partial charge in [0.15, 0.2) is 5.96 Å². The van der Waals surface area contributed by atoms with Crippen LogP contribution < -0.4 is 21.3 Å². The van der Waals surface area contributed by atoms with Crippen LogP contribution in [0.5, 0.6) is 0 Å². The molecule has 1 aliphatic heterocycles. The molecule has 5 N–H and O–H groups in total. The molecular formula is C19H21N5O3. The highest BCUT2D eigenvalue weighted by atomic mass is 16.4. The Hall–Kier alpha value is -3.55. The average molecular weight is 367 g/mol. The number of nitrogens with zero attached hydrogens (tertiary/aromatic N) is 3. The Bertz CT molecular complexity index is 875. The first-order valence-electron chi connectivity index (χ1n) is 8.53. The molecule has 0 unspecified atom stereocenters. The molecule has 2 amide bonds. The van der Waals surface area contributed by atoms with Crippen LogP contribution in [0.4, 0.5) is 21.9 Å². The van der Waals surface area contributed by atoms with Gasteiger partial charge in [-0.3, -0.25) is 14.6 Å². The second kappa shape index (κ2) is 7.77. The zero-order valence-electron chi connectivity index (χ0n) is 14.7. The number of carbonyl (C=O) groups excluding carboxylic acids is 1. The Morgan fingerprint density at radius 1 is 1.04 bits per heavy atom. The first kappa shape index (κ1) is 18.2. The van der Waals surface area contributed by atoms with Crippen molar-refractivity contribution in [2.24, 2.45) is 16.5 Å². The van der Waals surface area contributed by atoms with E-state index in [9.17, 15) is 9.59 Å². The van der Waals surface area contributed by atoms with Crippen molar-refractivity contribution >= 4 is 35.0 Å². The van der Waals surface area contributed by atoms with Gasteiger partial charge in [0, 0.05) is 30.9 Å². The Morgan fingerprint density at radius 2 is 1.70 bits per heavy atom. The number of anilines is 2. The number of carboxylic acids is 1. The summed E-state index contributed by atoms with van der Waals surface area (Å²) in [5.41, 5.74) is 13.8. The molecule has 0 aliphatic carbocycles. The lowest BCUT2D eigenvalue weighted by Gasteiger charge is -2.19. The summed E-state index contributed by atoms with van der Waals surface area (Å²) < 4.78 is 0. The first-order chi connectivity index (χ1) is 12.9. The lowest BCUT2D eigenvalue weighted by atomic mass is 10.1. The fraction of sp³-hybridized carbons (Fsp3) is 0.211. The third-order valence-electron chi connectivity index (χ3n) is 4.28. The molecule has 1 saturated heterocycles. The number of hydrogen-bond donors (Lipinski definition) is 3. The molecule has 0 aromatic heterocycles. The molecular weight excluding hydrogens is 346 g/mol. The van der Waals surface area contributed by atoms with Gasteiger partial charge < -0.3 is 16.6 Å². The number of benzene rings is 2. The highest BCUT2D eigenvalue weighted by Gasteiger charge is 2.30. The standard InChI is InChI=1S/C19H21N5O3/c20-18(21)22-14-2-1-3-16(12-14)24-11-10-23(19(24)27)15-7-4-13(5-8-15)6-9-17(25)26/h1-5,7-8,12H,6,9-11H2,(H,25,26)(H4,20,21,22). The van der Waals surface area contributed by atoms with Crippen LogP contribution in [0, 0.1) is 0 Å². The van der Waals surface area contributed by atoms with Crippen molar-refractivity contribution in [2.45, 2.75) is 12.8 Å². The zero-order chi connectivity index (χ0) is 19.4. The molecule has 8 nitrogen and oxygen atoms in total. The maximum absolute atomic E-state index is 12.8. The number of nitrogens with two attached hydrogens (primary N) is 2. The van der Waals surface area contributed by atoms with Gasteiger partial charge in [0.05, 0.1) is 5.69 Å². The van der Waals surface area contributed by atoms with Crippen molar-refractivity contribution in [2.75, 3.05) is 22.9 Å². The number of urea groups is 1. The fourth-order valence-corrected chi connectivity index (χ4v) is 2.99. The van der Waals surface area contributed by atoms with Crippen LogP contribution in [0.25, 0.3) is 0 Å². The molecule has 0 saturated carbocycles. The normalized spacial score (nSPS) is 13.7. The molecule has 8 heteroatoms. The van der Waals surface area contributed by atoms with Gasteiger partial charge in [0.1, 0.15) is 0 Å². The van der Waals surface area contributed by atoms with Crippen molar-refractivity contribution in [3.63, 3.8) is 0 Å². The smallest absolute Gasteiger partial charge is 0.329 e. The minimum atomic E-state index is -0.826. The summed E-state index contributed by atoms with van der Waals surface area (Å²) in [7, 11) is 0. The number of carbonyl (C=O) groups is 2. The Balaban J connectivity index is 1.73. The zero-order valence-corrected chi connectivity index (χ0v) is 14.7. The molecule has 140 valence electrons. The van der Waals surface area contributed by atoms with E-state index in [0.29, 0.717) is 25.2 Å². The number of rotatable bonds is 6. The second-order valence-electron chi connectivity index (χ2n) is 6.20. The van der Waals surface area contributed by atoms with Gasteiger partial charge in [-0.2, -0.15) is 0 Å². The van der Waals surface area contributed by atoms with E-state index in [1.807, 2.05) is 30.3 Å². The summed E-state index contributed by atoms with van der Waals surface area (Å²) in [6.07, 6.45) is 0.551. The number of guanidine groups is 1. The van der Waals surface area contributed by atoms with Gasteiger partial charge in [0.25, 0.3) is 0 Å². The van der Waals surface area contributed by atoms with E-state index in [0.717, 1.165) is 16.9 Å². The predicted molar refractivity (Wildman–Crippen MR) is 104 cm³/mol. The molecule has 1 fully saturated rings. The maximum Gasteiger partial charge on any atom is 0.329 e. The molecule has 0 bridgehead atoms. The molecule has 2 aromatic carbocycles. The molecule has 0 radical (unpaired) electrons. The summed E-state index contributed by atoms with van der Waals surface area (Å²) in [6.45, 7) is 1.10. The van der Waals surface area contributed by atoms with Crippen LogP contribution in [0.15, 0.2) is 53.5 Å². The van der Waals surface area contributed by atoms with Crippen LogP contribution in [-0.2, 0) is 11.2 Å². The third kappa shape index (κ3) is 4.35. The predicted octanol–water partition coefficient (Wildman–Crippen LogP) is 2.06. The number of aliphatic carboxylic acids is 1. The van der Waals surface area contributed by atoms with E-state index < -0.39 is 5.97 Å². The van der Waals surface area contributed by atoms with Gasteiger partial charge >= 0.3 is 12.0 Å². The number of hydrogen-bond acceptors (Lipinski definition) is 3. The van der Waals surface area contributed by atoms with E-state index in [-0.39, 0.29) is 18.4 Å². The van der Waals surface area contributed by atoms with Crippen LogP contribution >= 0.6 is 0 Å². The minimum absolute atomic E-state index is 0.0375. The number of amides is 2. The Kier molecular flexibility index (Phi) is 5.25. The van der Waals surface area contributed by atoms with E-state index >= 15 is 0 Å². The Morgan fingerprint density at radius 3 is 2.33 bits per heavy atom. The summed E-state index contributed by atoms with van der Waals surface area (Å²) >= 11 is 0. The fourth-order valence-electron chi connectivity index (χ4n) is 2.99. The molecule has 0 atom stereocenters. The van der Waals surface area contributed by atoms with Crippen molar-refractivity contribution in [3.05, 3.63) is 54.1 Å². The second-order valence-corrected chi connectivity index (χ2v) is 6.20. The summed E-state index contributed by atoms with van der Waals surface area (Å²) in [4.78, 5) is 30.9. The van der Waals surface area contributed by atoms with Gasteiger partial charge in [-0.05, 0) is 42.3 Å². The van der Waals surface area contributed by atoms with E-state index in [4.69, 9.17) is 16.6 Å². The van der Waals surface area contributed by atoms with Crippen LogP contribution in [-0.4, -0.2) is 36.2 Å². The van der Waals surface area contributed by atoms with E-state index in [1.54, 1.807) is 28.0 Å². The SMILES string of the molecule is NC(N)=Nc1cccc(N2CCN(c3ccc(CCC(=O)O)cc3)C2=O)c1. The largest absolute Gasteiger partial charge is 0.481 e. The van der Waals surface area contributed by atoms with E-state index in [2.05, 4.69) is 4.99 Å². The maximum atomic E-state index is 12.8. The topological polar surface area (TPSA) is 125 Å². The van der Waals surface area contributed by atoms with Crippen molar-refractivity contribution in [3.8, 4) is 0 Å². The molecule has 27 heavy (non-hydrogen) atoms. The first-order valence-corrected chi connectivity index (χ1v) is 8.53. The summed E-state index contributed by atoms with van der Waals surface area (Å²) in [5, 5.41) is 8.76. The van der Waals surface area contributed by atoms with Crippen molar-refractivity contribution in [1.29, 1.82) is 0 Å². The Labute approximate surface area is 156 Å². The average Bonchev–Trinajstić information content (AvgIpc) is 3.01. The lowest BCUT2D eigenvalue weighted by molar-refractivity contribution is -0.136. The molecule has 3 rings (SSSR count). The monoisotopic (exact) mass is 367 g/mol. The quantitative estimate of drug-likeness (QED) is 0.532. The third-order valence-corrected chi connectivity index (χ3v) is 4.28. The van der Waals surface area contributed by atoms with Gasteiger partial charge in [-0.1, -0.05) is 18.2 Å². The molecule has 2 aromatic rings. The van der Waals surface area contributed by atoms with Gasteiger partial charge in [-0.15, -0.1) is 0 Å².